The fourth-order valence-electron chi connectivity index (χ4n) is 3.55. The lowest BCUT2D eigenvalue weighted by atomic mass is 10.0. The van der Waals surface area contributed by atoms with Gasteiger partial charge in [-0.15, -0.1) is 0 Å². The number of carboxylic acid groups (broad SMARTS) is 1. The number of carbonyl (C=O) groups excluding carboxylic acids is 2. The Morgan fingerprint density at radius 1 is 1.03 bits per heavy atom. The van der Waals surface area contributed by atoms with Crippen LogP contribution in [0.4, 0.5) is 5.69 Å². The summed E-state index contributed by atoms with van der Waals surface area (Å²) >= 11 is 0. The molecular formula is C23H19NO5. The summed E-state index contributed by atoms with van der Waals surface area (Å²) in [5.41, 5.74) is 1.58. The number of ether oxygens (including phenoxy) is 1. The zero-order valence-electron chi connectivity index (χ0n) is 15.8. The average molecular weight is 389 g/mol. The van der Waals surface area contributed by atoms with Crippen molar-refractivity contribution in [3.63, 3.8) is 0 Å². The minimum Gasteiger partial charge on any atom is -0.492 e. The summed E-state index contributed by atoms with van der Waals surface area (Å²) in [5.74, 6) is -1.36. The van der Waals surface area contributed by atoms with E-state index in [0.717, 1.165) is 22.1 Å². The van der Waals surface area contributed by atoms with E-state index in [1.807, 2.05) is 31.2 Å². The highest BCUT2D eigenvalue weighted by Crippen LogP contribution is 2.39. The number of aliphatic carboxylic acids is 1. The van der Waals surface area contributed by atoms with E-state index in [1.54, 1.807) is 30.3 Å². The molecule has 1 heterocycles. The van der Waals surface area contributed by atoms with Crippen molar-refractivity contribution in [2.45, 2.75) is 19.8 Å². The lowest BCUT2D eigenvalue weighted by Gasteiger charge is -2.15. The molecule has 0 fully saturated rings. The molecule has 0 bridgehead atoms. The highest BCUT2D eigenvalue weighted by atomic mass is 16.5. The maximum Gasteiger partial charge on any atom is 0.307 e. The van der Waals surface area contributed by atoms with Crippen molar-refractivity contribution in [1.29, 1.82) is 0 Å². The van der Waals surface area contributed by atoms with E-state index in [0.29, 0.717) is 29.2 Å². The predicted octanol–water partition coefficient (Wildman–Crippen LogP) is 4.06. The summed E-state index contributed by atoms with van der Waals surface area (Å²) in [6.07, 6.45) is 0.650. The van der Waals surface area contributed by atoms with Crippen molar-refractivity contribution in [3.05, 3.63) is 71.3 Å². The second-order valence-electron chi connectivity index (χ2n) is 6.88. The monoisotopic (exact) mass is 389 g/mol. The molecule has 0 aromatic heterocycles. The van der Waals surface area contributed by atoms with Crippen LogP contribution in [0.5, 0.6) is 5.75 Å². The summed E-state index contributed by atoms with van der Waals surface area (Å²) in [6.45, 7) is 2.41. The molecule has 6 heteroatoms. The van der Waals surface area contributed by atoms with Crippen LogP contribution >= 0.6 is 0 Å². The van der Waals surface area contributed by atoms with Gasteiger partial charge < -0.3 is 9.84 Å². The van der Waals surface area contributed by atoms with Gasteiger partial charge in [-0.2, -0.15) is 0 Å². The van der Waals surface area contributed by atoms with Crippen LogP contribution in [0.15, 0.2) is 54.6 Å². The lowest BCUT2D eigenvalue weighted by molar-refractivity contribution is -0.136. The van der Waals surface area contributed by atoms with E-state index in [1.165, 1.54) is 0 Å². The molecule has 3 aromatic rings. The summed E-state index contributed by atoms with van der Waals surface area (Å²) in [4.78, 5) is 38.3. The first-order valence-corrected chi connectivity index (χ1v) is 9.39. The smallest absolute Gasteiger partial charge is 0.307 e. The van der Waals surface area contributed by atoms with Gasteiger partial charge in [0, 0.05) is 5.39 Å². The lowest BCUT2D eigenvalue weighted by Crippen LogP contribution is -2.29. The van der Waals surface area contributed by atoms with Crippen molar-refractivity contribution in [1.82, 2.24) is 0 Å². The van der Waals surface area contributed by atoms with E-state index in [-0.39, 0.29) is 12.0 Å². The molecule has 3 aromatic carbocycles. The van der Waals surface area contributed by atoms with Crippen LogP contribution in [0.25, 0.3) is 10.8 Å². The Morgan fingerprint density at radius 3 is 2.45 bits per heavy atom. The van der Waals surface area contributed by atoms with E-state index >= 15 is 0 Å². The normalized spacial score (nSPS) is 13.1. The van der Waals surface area contributed by atoms with Crippen LogP contribution in [-0.4, -0.2) is 29.5 Å². The topological polar surface area (TPSA) is 83.9 Å². The molecule has 0 unspecified atom stereocenters. The van der Waals surface area contributed by atoms with Crippen LogP contribution in [0.1, 0.15) is 39.6 Å². The first-order chi connectivity index (χ1) is 14.0. The van der Waals surface area contributed by atoms with Crippen molar-refractivity contribution in [2.24, 2.45) is 0 Å². The summed E-state index contributed by atoms with van der Waals surface area (Å²) in [7, 11) is 0. The molecule has 4 rings (SSSR count). The average Bonchev–Trinajstić information content (AvgIpc) is 2.96. The molecule has 29 heavy (non-hydrogen) atoms. The molecule has 0 atom stereocenters. The number of rotatable bonds is 6. The Kier molecular flexibility index (Phi) is 4.76. The quantitative estimate of drug-likeness (QED) is 0.643. The predicted molar refractivity (Wildman–Crippen MR) is 109 cm³/mol. The van der Waals surface area contributed by atoms with Crippen LogP contribution < -0.4 is 9.64 Å². The first kappa shape index (κ1) is 18.7. The molecule has 6 nitrogen and oxygen atoms in total. The number of carboxylic acids is 1. The van der Waals surface area contributed by atoms with Crippen LogP contribution in [-0.2, 0) is 11.2 Å². The second-order valence-corrected chi connectivity index (χ2v) is 6.88. The number of nitrogens with zero attached hydrogens (tertiary/aromatic N) is 1. The molecular weight excluding hydrogens is 370 g/mol. The van der Waals surface area contributed by atoms with Gasteiger partial charge in [-0.1, -0.05) is 43.3 Å². The van der Waals surface area contributed by atoms with Gasteiger partial charge in [0.05, 0.1) is 29.8 Å². The van der Waals surface area contributed by atoms with Crippen molar-refractivity contribution in [3.8, 4) is 5.75 Å². The van der Waals surface area contributed by atoms with Crippen molar-refractivity contribution in [2.75, 3.05) is 11.5 Å². The third-order valence-corrected chi connectivity index (χ3v) is 4.85. The van der Waals surface area contributed by atoms with E-state index in [4.69, 9.17) is 9.84 Å². The number of hydrogen-bond acceptors (Lipinski definition) is 4. The molecule has 0 spiro atoms. The molecule has 1 aliphatic heterocycles. The van der Waals surface area contributed by atoms with Crippen LogP contribution in [0.3, 0.4) is 0 Å². The largest absolute Gasteiger partial charge is 0.492 e. The van der Waals surface area contributed by atoms with E-state index in [9.17, 15) is 14.4 Å². The SMILES string of the molecule is CCCOc1c2c(cc3ccccc13)C(=O)N(c1ccc(CC(=O)O)cc1)C2=O. The number of benzene rings is 3. The molecule has 0 saturated carbocycles. The summed E-state index contributed by atoms with van der Waals surface area (Å²) < 4.78 is 5.91. The molecule has 0 aliphatic carbocycles. The van der Waals surface area contributed by atoms with Crippen molar-refractivity contribution < 1.29 is 24.2 Å². The Bertz CT molecular complexity index is 1130. The number of fused-ring (bicyclic) bond motifs is 2. The van der Waals surface area contributed by atoms with Crippen molar-refractivity contribution >= 4 is 34.2 Å². The van der Waals surface area contributed by atoms with Gasteiger partial charge in [0.15, 0.2) is 0 Å². The highest BCUT2D eigenvalue weighted by molar-refractivity contribution is 6.36. The van der Waals surface area contributed by atoms with Gasteiger partial charge >= 0.3 is 5.97 Å². The number of imide groups is 1. The second kappa shape index (κ2) is 7.39. The molecule has 2 amide bonds. The summed E-state index contributed by atoms with van der Waals surface area (Å²) in [5, 5.41) is 10.5. The highest BCUT2D eigenvalue weighted by Gasteiger charge is 2.40. The molecule has 146 valence electrons. The third kappa shape index (κ3) is 3.23. The van der Waals surface area contributed by atoms with Gasteiger partial charge in [0.1, 0.15) is 5.75 Å². The van der Waals surface area contributed by atoms with Gasteiger partial charge in [-0.05, 0) is 35.6 Å². The minimum absolute atomic E-state index is 0.122. The van der Waals surface area contributed by atoms with Crippen LogP contribution in [0.2, 0.25) is 0 Å². The van der Waals surface area contributed by atoms with E-state index in [2.05, 4.69) is 0 Å². The fourth-order valence-corrected chi connectivity index (χ4v) is 3.55. The third-order valence-electron chi connectivity index (χ3n) is 4.85. The number of carbonyl (C=O) groups is 3. The maximum absolute atomic E-state index is 13.2. The first-order valence-electron chi connectivity index (χ1n) is 9.39. The zero-order chi connectivity index (χ0) is 20.5. The Hall–Kier alpha value is -3.67. The molecule has 0 radical (unpaired) electrons. The number of anilines is 1. The van der Waals surface area contributed by atoms with Gasteiger partial charge in [-0.3, -0.25) is 14.4 Å². The molecule has 1 N–H and O–H groups in total. The Morgan fingerprint density at radius 2 is 1.76 bits per heavy atom. The fraction of sp³-hybridized carbons (Fsp3) is 0.174. The molecule has 1 aliphatic rings. The standard InChI is InChI=1S/C23H19NO5/c1-2-11-29-21-17-6-4-3-5-15(17)13-18-20(21)23(28)24(22(18)27)16-9-7-14(8-10-16)12-19(25)26/h3-10,13H,2,11-12H2,1H3,(H,25,26). The Labute approximate surface area is 167 Å². The Balaban J connectivity index is 1.80. The number of hydrogen-bond donors (Lipinski definition) is 1. The number of amides is 2. The molecule has 0 saturated heterocycles. The van der Waals surface area contributed by atoms with Crippen LogP contribution in [0, 0.1) is 0 Å². The minimum atomic E-state index is -0.942. The van der Waals surface area contributed by atoms with Gasteiger partial charge in [0.25, 0.3) is 11.8 Å². The van der Waals surface area contributed by atoms with E-state index < -0.39 is 17.8 Å². The van der Waals surface area contributed by atoms with Gasteiger partial charge in [0.2, 0.25) is 0 Å². The summed E-state index contributed by atoms with van der Waals surface area (Å²) in [6, 6.07) is 15.6. The maximum atomic E-state index is 13.2. The van der Waals surface area contributed by atoms with Gasteiger partial charge in [-0.25, -0.2) is 4.90 Å². The zero-order valence-corrected chi connectivity index (χ0v) is 15.8.